The first-order valence-corrected chi connectivity index (χ1v) is 4.02. The molecule has 2 heteroatoms. The van der Waals surface area contributed by atoms with Crippen LogP contribution in [-0.2, 0) is 0 Å². The summed E-state index contributed by atoms with van der Waals surface area (Å²) in [4.78, 5) is 0. The van der Waals surface area contributed by atoms with E-state index in [1.165, 1.54) is 16.5 Å². The van der Waals surface area contributed by atoms with Gasteiger partial charge in [-0.2, -0.15) is 0 Å². The molecule has 1 heterocycles. The Balaban J connectivity index is 2.93. The van der Waals surface area contributed by atoms with E-state index in [-0.39, 0.29) is 0 Å². The lowest BCUT2D eigenvalue weighted by molar-refractivity contribution is 1.06. The van der Waals surface area contributed by atoms with Crippen molar-refractivity contribution in [1.82, 2.24) is 4.68 Å². The summed E-state index contributed by atoms with van der Waals surface area (Å²) in [5.74, 6) is 5.74. The molecule has 0 aliphatic heterocycles. The summed E-state index contributed by atoms with van der Waals surface area (Å²) in [6.07, 6.45) is 1.89. The number of benzene rings is 1. The SMILES string of the molecule is Cc1cc(C)c2c(ccn2N)c1. The number of rotatable bonds is 0. The number of hydrogen-bond donors (Lipinski definition) is 1. The first-order valence-electron chi connectivity index (χ1n) is 4.02. The van der Waals surface area contributed by atoms with Crippen LogP contribution in [0.2, 0.25) is 0 Å². The minimum Gasteiger partial charge on any atom is -0.339 e. The second-order valence-corrected chi connectivity index (χ2v) is 3.24. The van der Waals surface area contributed by atoms with Crippen molar-refractivity contribution in [3.05, 3.63) is 35.5 Å². The minimum absolute atomic E-state index is 1.13. The number of fused-ring (bicyclic) bond motifs is 1. The Morgan fingerprint density at radius 1 is 1.25 bits per heavy atom. The number of aryl methyl sites for hydroxylation is 2. The lowest BCUT2D eigenvalue weighted by Crippen LogP contribution is -2.06. The molecule has 0 aliphatic rings. The van der Waals surface area contributed by atoms with E-state index >= 15 is 0 Å². The Labute approximate surface area is 71.6 Å². The average Bonchev–Trinajstić information content (AvgIpc) is 2.31. The summed E-state index contributed by atoms with van der Waals surface area (Å²) in [5, 5.41) is 1.22. The second kappa shape index (κ2) is 2.27. The first kappa shape index (κ1) is 7.22. The molecule has 0 fully saturated rings. The lowest BCUT2D eigenvalue weighted by Gasteiger charge is -2.01. The zero-order chi connectivity index (χ0) is 8.72. The summed E-state index contributed by atoms with van der Waals surface area (Å²) in [5.41, 5.74) is 3.64. The molecule has 0 spiro atoms. The van der Waals surface area contributed by atoms with Crippen LogP contribution < -0.4 is 5.84 Å². The summed E-state index contributed by atoms with van der Waals surface area (Å²) in [7, 11) is 0. The molecule has 0 saturated carbocycles. The van der Waals surface area contributed by atoms with Crippen LogP contribution in [-0.4, -0.2) is 4.68 Å². The highest BCUT2D eigenvalue weighted by atomic mass is 15.3. The number of aromatic nitrogens is 1. The Morgan fingerprint density at radius 3 is 2.75 bits per heavy atom. The van der Waals surface area contributed by atoms with Crippen LogP contribution in [0.5, 0.6) is 0 Å². The molecule has 0 bridgehead atoms. The highest BCUT2D eigenvalue weighted by molar-refractivity contribution is 5.84. The van der Waals surface area contributed by atoms with Gasteiger partial charge in [-0.3, -0.25) is 4.68 Å². The number of nitrogens with two attached hydrogens (primary N) is 1. The van der Waals surface area contributed by atoms with Crippen molar-refractivity contribution in [2.24, 2.45) is 0 Å². The molecule has 2 nitrogen and oxygen atoms in total. The predicted octanol–water partition coefficient (Wildman–Crippen LogP) is 1.97. The molecule has 2 aromatic rings. The molecular weight excluding hydrogens is 148 g/mol. The van der Waals surface area contributed by atoms with Crippen LogP contribution in [0.3, 0.4) is 0 Å². The highest BCUT2D eigenvalue weighted by Gasteiger charge is 2.01. The number of hydrogen-bond acceptors (Lipinski definition) is 1. The van der Waals surface area contributed by atoms with E-state index in [2.05, 4.69) is 26.0 Å². The van der Waals surface area contributed by atoms with Gasteiger partial charge >= 0.3 is 0 Å². The van der Waals surface area contributed by atoms with Crippen LogP contribution in [0.25, 0.3) is 10.9 Å². The summed E-state index contributed by atoms with van der Waals surface area (Å²) < 4.78 is 1.67. The fourth-order valence-corrected chi connectivity index (χ4v) is 1.71. The topological polar surface area (TPSA) is 30.9 Å². The van der Waals surface area contributed by atoms with Gasteiger partial charge in [0.05, 0.1) is 5.52 Å². The van der Waals surface area contributed by atoms with Gasteiger partial charge in [0.15, 0.2) is 0 Å². The van der Waals surface area contributed by atoms with Crippen molar-refractivity contribution in [2.45, 2.75) is 13.8 Å². The van der Waals surface area contributed by atoms with Crippen LogP contribution in [0.15, 0.2) is 24.4 Å². The second-order valence-electron chi connectivity index (χ2n) is 3.24. The van der Waals surface area contributed by atoms with E-state index in [0.29, 0.717) is 0 Å². The molecule has 0 atom stereocenters. The number of nitrogen functional groups attached to an aromatic ring is 1. The van der Waals surface area contributed by atoms with E-state index < -0.39 is 0 Å². The van der Waals surface area contributed by atoms with E-state index in [1.54, 1.807) is 4.68 Å². The molecule has 0 aliphatic carbocycles. The monoisotopic (exact) mass is 160 g/mol. The average molecular weight is 160 g/mol. The first-order chi connectivity index (χ1) is 5.68. The summed E-state index contributed by atoms with van der Waals surface area (Å²) in [6, 6.07) is 6.33. The quantitative estimate of drug-likeness (QED) is 0.587. The summed E-state index contributed by atoms with van der Waals surface area (Å²) >= 11 is 0. The van der Waals surface area contributed by atoms with Crippen LogP contribution in [0.4, 0.5) is 0 Å². The van der Waals surface area contributed by atoms with Gasteiger partial charge in [0.1, 0.15) is 0 Å². The van der Waals surface area contributed by atoms with Crippen molar-refractivity contribution < 1.29 is 0 Å². The maximum absolute atomic E-state index is 5.74. The van der Waals surface area contributed by atoms with Gasteiger partial charge in [0.2, 0.25) is 0 Å². The van der Waals surface area contributed by atoms with Gasteiger partial charge in [-0.25, -0.2) is 0 Å². The van der Waals surface area contributed by atoms with Crippen molar-refractivity contribution in [3.63, 3.8) is 0 Å². The van der Waals surface area contributed by atoms with Crippen LogP contribution in [0, 0.1) is 13.8 Å². The van der Waals surface area contributed by atoms with Crippen LogP contribution >= 0.6 is 0 Å². The third-order valence-electron chi connectivity index (χ3n) is 2.15. The lowest BCUT2D eigenvalue weighted by atomic mass is 10.1. The fraction of sp³-hybridized carbons (Fsp3) is 0.200. The van der Waals surface area contributed by atoms with Crippen molar-refractivity contribution in [3.8, 4) is 0 Å². The molecular formula is C10H12N2. The molecule has 2 rings (SSSR count). The third kappa shape index (κ3) is 0.881. The van der Waals surface area contributed by atoms with Gasteiger partial charge in [-0.15, -0.1) is 0 Å². The van der Waals surface area contributed by atoms with E-state index in [0.717, 1.165) is 5.52 Å². The number of nitrogens with zero attached hydrogens (tertiary/aromatic N) is 1. The highest BCUT2D eigenvalue weighted by Crippen LogP contribution is 2.19. The van der Waals surface area contributed by atoms with Gasteiger partial charge in [-0.05, 0) is 31.5 Å². The maximum atomic E-state index is 5.74. The van der Waals surface area contributed by atoms with Crippen molar-refractivity contribution >= 4 is 10.9 Å². The van der Waals surface area contributed by atoms with Gasteiger partial charge in [0.25, 0.3) is 0 Å². The smallest absolute Gasteiger partial charge is 0.0719 e. The van der Waals surface area contributed by atoms with Crippen LogP contribution in [0.1, 0.15) is 11.1 Å². The standard InChI is InChI=1S/C10H12N2/c1-7-5-8(2)10-9(6-7)3-4-12(10)11/h3-6H,11H2,1-2H3. The normalized spacial score (nSPS) is 10.8. The third-order valence-corrected chi connectivity index (χ3v) is 2.15. The molecule has 62 valence electrons. The summed E-state index contributed by atoms with van der Waals surface area (Å²) in [6.45, 7) is 4.18. The van der Waals surface area contributed by atoms with E-state index in [9.17, 15) is 0 Å². The Kier molecular flexibility index (Phi) is 1.37. The Bertz CT molecular complexity index is 427. The van der Waals surface area contributed by atoms with Gasteiger partial charge < -0.3 is 5.84 Å². The molecule has 0 amide bonds. The zero-order valence-electron chi connectivity index (χ0n) is 7.33. The van der Waals surface area contributed by atoms with E-state index in [4.69, 9.17) is 5.84 Å². The molecule has 1 aromatic carbocycles. The molecule has 2 N–H and O–H groups in total. The largest absolute Gasteiger partial charge is 0.339 e. The van der Waals surface area contributed by atoms with E-state index in [1.807, 2.05) is 12.3 Å². The zero-order valence-corrected chi connectivity index (χ0v) is 7.33. The fourth-order valence-electron chi connectivity index (χ4n) is 1.71. The van der Waals surface area contributed by atoms with Crippen molar-refractivity contribution in [1.29, 1.82) is 0 Å². The Hall–Kier alpha value is -1.44. The molecule has 12 heavy (non-hydrogen) atoms. The Morgan fingerprint density at radius 2 is 2.00 bits per heavy atom. The molecule has 1 aromatic heterocycles. The van der Waals surface area contributed by atoms with Gasteiger partial charge in [0, 0.05) is 11.6 Å². The molecule has 0 unspecified atom stereocenters. The maximum Gasteiger partial charge on any atom is 0.0719 e. The predicted molar refractivity (Wildman–Crippen MR) is 51.6 cm³/mol. The molecule has 0 saturated heterocycles. The molecule has 0 radical (unpaired) electrons. The van der Waals surface area contributed by atoms with Crippen molar-refractivity contribution in [2.75, 3.05) is 5.84 Å². The van der Waals surface area contributed by atoms with Gasteiger partial charge in [-0.1, -0.05) is 11.6 Å². The minimum atomic E-state index is 1.13.